The van der Waals surface area contributed by atoms with Crippen molar-refractivity contribution in [2.75, 3.05) is 20.1 Å². The molecule has 18 heavy (non-hydrogen) atoms. The van der Waals surface area contributed by atoms with Crippen molar-refractivity contribution in [3.05, 3.63) is 35.4 Å². The Balaban J connectivity index is 1.96. The Hall–Kier alpha value is -0.900. The van der Waals surface area contributed by atoms with Crippen molar-refractivity contribution in [1.82, 2.24) is 9.80 Å². The van der Waals surface area contributed by atoms with Crippen molar-refractivity contribution in [2.45, 2.75) is 39.1 Å². The molecule has 0 saturated carbocycles. The molecule has 3 nitrogen and oxygen atoms in total. The van der Waals surface area contributed by atoms with Gasteiger partial charge >= 0.3 is 0 Å². The van der Waals surface area contributed by atoms with Gasteiger partial charge in [-0.2, -0.15) is 0 Å². The predicted octanol–water partition coefficient (Wildman–Crippen LogP) is 1.70. The van der Waals surface area contributed by atoms with Crippen molar-refractivity contribution in [3.8, 4) is 0 Å². The van der Waals surface area contributed by atoms with Crippen LogP contribution < -0.4 is 0 Å². The minimum absolute atomic E-state index is 0.128. The second-order valence-electron chi connectivity index (χ2n) is 5.53. The molecular weight excluding hydrogens is 224 g/mol. The minimum Gasteiger partial charge on any atom is -0.392 e. The lowest BCUT2D eigenvalue weighted by atomic mass is 10.1. The average molecular weight is 248 g/mol. The summed E-state index contributed by atoms with van der Waals surface area (Å²) in [6, 6.07) is 9.51. The van der Waals surface area contributed by atoms with Gasteiger partial charge in [0.15, 0.2) is 0 Å². The molecule has 1 aliphatic rings. The molecule has 1 fully saturated rings. The van der Waals surface area contributed by atoms with Crippen LogP contribution in [0.1, 0.15) is 25.0 Å². The molecule has 0 bridgehead atoms. The number of aliphatic hydroxyl groups excluding tert-OH is 1. The molecule has 2 unspecified atom stereocenters. The van der Waals surface area contributed by atoms with Crippen LogP contribution in [-0.2, 0) is 13.2 Å². The number of likely N-dealkylation sites (N-methyl/N-ethyl adjacent to an activating group) is 1. The first-order valence-corrected chi connectivity index (χ1v) is 6.73. The van der Waals surface area contributed by atoms with E-state index < -0.39 is 0 Å². The molecule has 1 N–H and O–H groups in total. The molecule has 0 radical (unpaired) electrons. The highest BCUT2D eigenvalue weighted by Gasteiger charge is 2.26. The molecule has 0 aromatic heterocycles. The fourth-order valence-electron chi connectivity index (χ4n) is 2.65. The lowest BCUT2D eigenvalue weighted by Gasteiger charge is -2.42. The maximum Gasteiger partial charge on any atom is 0.0681 e. The van der Waals surface area contributed by atoms with Crippen LogP contribution in [-0.4, -0.2) is 47.1 Å². The monoisotopic (exact) mass is 248 g/mol. The van der Waals surface area contributed by atoms with Crippen LogP contribution in [0.25, 0.3) is 0 Å². The maximum atomic E-state index is 9.03. The van der Waals surface area contributed by atoms with E-state index in [2.05, 4.69) is 42.8 Å². The van der Waals surface area contributed by atoms with E-state index in [4.69, 9.17) is 5.11 Å². The molecule has 2 rings (SSSR count). The summed E-state index contributed by atoms with van der Waals surface area (Å²) >= 11 is 0. The lowest BCUT2D eigenvalue weighted by molar-refractivity contribution is 0.0556. The van der Waals surface area contributed by atoms with Crippen LogP contribution >= 0.6 is 0 Å². The number of rotatable bonds is 3. The first-order chi connectivity index (χ1) is 8.60. The van der Waals surface area contributed by atoms with Crippen LogP contribution in [0.2, 0.25) is 0 Å². The van der Waals surface area contributed by atoms with Gasteiger partial charge in [0.25, 0.3) is 0 Å². The molecule has 2 atom stereocenters. The summed E-state index contributed by atoms with van der Waals surface area (Å²) < 4.78 is 0. The van der Waals surface area contributed by atoms with E-state index in [-0.39, 0.29) is 6.61 Å². The van der Waals surface area contributed by atoms with Gasteiger partial charge in [-0.1, -0.05) is 24.3 Å². The molecule has 0 aliphatic carbocycles. The van der Waals surface area contributed by atoms with Gasteiger partial charge in [-0.3, -0.25) is 9.80 Å². The highest BCUT2D eigenvalue weighted by atomic mass is 16.3. The molecule has 1 aromatic rings. The molecule has 1 heterocycles. The fourth-order valence-corrected chi connectivity index (χ4v) is 2.65. The van der Waals surface area contributed by atoms with Crippen LogP contribution in [0, 0.1) is 0 Å². The second kappa shape index (κ2) is 5.83. The van der Waals surface area contributed by atoms with Crippen LogP contribution in [0.3, 0.4) is 0 Å². The Morgan fingerprint density at radius 1 is 1.06 bits per heavy atom. The predicted molar refractivity (Wildman–Crippen MR) is 74.3 cm³/mol. The average Bonchev–Trinajstić information content (AvgIpc) is 2.37. The third-order valence-electron chi connectivity index (χ3n) is 4.05. The van der Waals surface area contributed by atoms with Crippen LogP contribution in [0.15, 0.2) is 24.3 Å². The normalized spacial score (nSPS) is 26.4. The standard InChI is InChI=1S/C15H24N2O/c1-12-8-17(9-13(2)16(12)3)10-14-4-6-15(11-18)7-5-14/h4-7,12-13,18H,8-11H2,1-3H3. The lowest BCUT2D eigenvalue weighted by Crippen LogP contribution is -2.54. The summed E-state index contributed by atoms with van der Waals surface area (Å²) in [7, 11) is 2.21. The van der Waals surface area contributed by atoms with Gasteiger partial charge < -0.3 is 5.11 Å². The van der Waals surface area contributed by atoms with Crippen molar-refractivity contribution < 1.29 is 5.11 Å². The minimum atomic E-state index is 0.128. The van der Waals surface area contributed by atoms with E-state index >= 15 is 0 Å². The summed E-state index contributed by atoms with van der Waals surface area (Å²) in [4.78, 5) is 4.97. The molecule has 0 spiro atoms. The van der Waals surface area contributed by atoms with Gasteiger partial charge in [-0.05, 0) is 32.0 Å². The SMILES string of the molecule is CC1CN(Cc2ccc(CO)cc2)CC(C)N1C. The second-order valence-corrected chi connectivity index (χ2v) is 5.53. The highest BCUT2D eigenvalue weighted by Crippen LogP contribution is 2.16. The summed E-state index contributed by atoms with van der Waals surface area (Å²) in [5.74, 6) is 0. The first-order valence-electron chi connectivity index (χ1n) is 6.73. The van der Waals surface area contributed by atoms with E-state index in [1.807, 2.05) is 12.1 Å². The van der Waals surface area contributed by atoms with Gasteiger partial charge in [0.05, 0.1) is 6.61 Å². The zero-order valence-corrected chi connectivity index (χ0v) is 11.6. The quantitative estimate of drug-likeness (QED) is 0.882. The molecule has 1 aromatic carbocycles. The molecule has 0 amide bonds. The highest BCUT2D eigenvalue weighted by molar-refractivity contribution is 5.22. The zero-order chi connectivity index (χ0) is 13.1. The maximum absolute atomic E-state index is 9.03. The van der Waals surface area contributed by atoms with Gasteiger partial charge in [0.2, 0.25) is 0 Å². The molecule has 1 aliphatic heterocycles. The Morgan fingerprint density at radius 3 is 2.06 bits per heavy atom. The Bertz CT molecular complexity index is 365. The van der Waals surface area contributed by atoms with E-state index in [1.165, 1.54) is 5.56 Å². The zero-order valence-electron chi connectivity index (χ0n) is 11.6. The molecular formula is C15H24N2O. The van der Waals surface area contributed by atoms with Crippen LogP contribution in [0.5, 0.6) is 0 Å². The number of nitrogens with zero attached hydrogens (tertiary/aromatic N) is 2. The van der Waals surface area contributed by atoms with E-state index in [9.17, 15) is 0 Å². The third kappa shape index (κ3) is 3.10. The third-order valence-corrected chi connectivity index (χ3v) is 4.05. The van der Waals surface area contributed by atoms with Gasteiger partial charge in [-0.15, -0.1) is 0 Å². The van der Waals surface area contributed by atoms with Gasteiger partial charge in [-0.25, -0.2) is 0 Å². The Kier molecular flexibility index (Phi) is 4.38. The largest absolute Gasteiger partial charge is 0.392 e. The van der Waals surface area contributed by atoms with E-state index in [1.54, 1.807) is 0 Å². The topological polar surface area (TPSA) is 26.7 Å². The summed E-state index contributed by atoms with van der Waals surface area (Å²) in [6.07, 6.45) is 0. The fraction of sp³-hybridized carbons (Fsp3) is 0.600. The van der Waals surface area contributed by atoms with Gasteiger partial charge in [0, 0.05) is 31.7 Å². The molecule has 1 saturated heterocycles. The number of aliphatic hydroxyl groups is 1. The Morgan fingerprint density at radius 2 is 1.56 bits per heavy atom. The van der Waals surface area contributed by atoms with Gasteiger partial charge in [0.1, 0.15) is 0 Å². The number of hydrogen-bond donors (Lipinski definition) is 1. The number of benzene rings is 1. The Labute approximate surface area is 110 Å². The van der Waals surface area contributed by atoms with Crippen molar-refractivity contribution >= 4 is 0 Å². The summed E-state index contributed by atoms with van der Waals surface area (Å²) in [5.41, 5.74) is 2.31. The summed E-state index contributed by atoms with van der Waals surface area (Å²) in [5, 5.41) is 9.03. The van der Waals surface area contributed by atoms with Crippen molar-refractivity contribution in [3.63, 3.8) is 0 Å². The number of piperazine rings is 1. The molecule has 100 valence electrons. The smallest absolute Gasteiger partial charge is 0.0681 e. The first kappa shape index (κ1) is 13.5. The summed E-state index contributed by atoms with van der Waals surface area (Å²) in [6.45, 7) is 7.97. The van der Waals surface area contributed by atoms with Crippen LogP contribution in [0.4, 0.5) is 0 Å². The van der Waals surface area contributed by atoms with E-state index in [0.29, 0.717) is 12.1 Å². The number of hydrogen-bond acceptors (Lipinski definition) is 3. The van der Waals surface area contributed by atoms with Crippen molar-refractivity contribution in [1.29, 1.82) is 0 Å². The van der Waals surface area contributed by atoms with E-state index in [0.717, 1.165) is 25.2 Å². The molecule has 3 heteroatoms. The van der Waals surface area contributed by atoms with Crippen molar-refractivity contribution in [2.24, 2.45) is 0 Å².